The van der Waals surface area contributed by atoms with Gasteiger partial charge in [-0.2, -0.15) is 5.10 Å². The van der Waals surface area contributed by atoms with Gasteiger partial charge in [-0.25, -0.2) is 0 Å². The predicted octanol–water partition coefficient (Wildman–Crippen LogP) is 3.88. The van der Waals surface area contributed by atoms with Gasteiger partial charge in [0.15, 0.2) is 0 Å². The average molecular weight is 255 g/mol. The van der Waals surface area contributed by atoms with Gasteiger partial charge < -0.3 is 0 Å². The normalized spacial score (nSPS) is 29.5. The predicted molar refractivity (Wildman–Crippen MR) is 72.4 cm³/mol. The molecule has 2 nitrogen and oxygen atoms in total. The summed E-state index contributed by atoms with van der Waals surface area (Å²) in [5.74, 6) is 1.53. The minimum atomic E-state index is 0.364. The third-order valence-electron chi connectivity index (χ3n) is 4.08. The Morgan fingerprint density at radius 2 is 2.24 bits per heavy atom. The molecule has 1 heterocycles. The van der Waals surface area contributed by atoms with E-state index >= 15 is 0 Å². The Balaban J connectivity index is 1.96. The summed E-state index contributed by atoms with van der Waals surface area (Å²) in [7, 11) is 0. The Bertz CT molecular complexity index is 348. The molecule has 0 spiro atoms. The molecule has 3 atom stereocenters. The van der Waals surface area contributed by atoms with E-state index < -0.39 is 0 Å². The molecule has 0 amide bonds. The van der Waals surface area contributed by atoms with Crippen molar-refractivity contribution in [1.29, 1.82) is 0 Å². The van der Waals surface area contributed by atoms with Crippen LogP contribution >= 0.6 is 11.6 Å². The Morgan fingerprint density at radius 1 is 1.41 bits per heavy atom. The van der Waals surface area contributed by atoms with Crippen molar-refractivity contribution in [3.63, 3.8) is 0 Å². The van der Waals surface area contributed by atoms with E-state index in [0.29, 0.717) is 11.3 Å². The minimum Gasteiger partial charge on any atom is -0.273 e. The Hall–Kier alpha value is -0.500. The van der Waals surface area contributed by atoms with Gasteiger partial charge in [-0.3, -0.25) is 4.68 Å². The maximum Gasteiger partial charge on any atom is 0.0521 e. The monoisotopic (exact) mass is 254 g/mol. The largest absolute Gasteiger partial charge is 0.273 e. The SMILES string of the molecule is CCC1CCC(Cl)C(Cc2cnn(CC)c2)C1. The van der Waals surface area contributed by atoms with Crippen LogP contribution in [-0.2, 0) is 13.0 Å². The van der Waals surface area contributed by atoms with E-state index in [9.17, 15) is 0 Å². The van der Waals surface area contributed by atoms with Gasteiger partial charge in [0, 0.05) is 18.1 Å². The molecule has 1 saturated carbocycles. The van der Waals surface area contributed by atoms with Crippen LogP contribution in [-0.4, -0.2) is 15.2 Å². The third kappa shape index (κ3) is 3.25. The highest BCUT2D eigenvalue weighted by Gasteiger charge is 2.28. The molecule has 17 heavy (non-hydrogen) atoms. The van der Waals surface area contributed by atoms with Crippen LogP contribution < -0.4 is 0 Å². The summed E-state index contributed by atoms with van der Waals surface area (Å²) in [6.07, 6.45) is 10.4. The molecular formula is C14H23ClN2. The molecule has 3 heteroatoms. The van der Waals surface area contributed by atoms with Crippen molar-refractivity contribution in [2.75, 3.05) is 0 Å². The van der Waals surface area contributed by atoms with Crippen molar-refractivity contribution in [2.45, 2.75) is 57.9 Å². The van der Waals surface area contributed by atoms with Gasteiger partial charge in [-0.05, 0) is 50.0 Å². The maximum absolute atomic E-state index is 6.47. The molecule has 1 aliphatic rings. The zero-order valence-corrected chi connectivity index (χ0v) is 11.7. The lowest BCUT2D eigenvalue weighted by molar-refractivity contribution is 0.265. The average Bonchev–Trinajstić information content (AvgIpc) is 2.80. The third-order valence-corrected chi connectivity index (χ3v) is 4.66. The Kier molecular flexibility index (Phi) is 4.49. The van der Waals surface area contributed by atoms with Crippen molar-refractivity contribution >= 4 is 11.6 Å². The molecule has 3 unspecified atom stereocenters. The second-order valence-corrected chi connectivity index (χ2v) is 5.83. The van der Waals surface area contributed by atoms with Gasteiger partial charge in [0.1, 0.15) is 0 Å². The molecule has 2 rings (SSSR count). The first-order valence-corrected chi connectivity index (χ1v) is 7.32. The maximum atomic E-state index is 6.47. The van der Waals surface area contributed by atoms with Crippen LogP contribution in [0.15, 0.2) is 12.4 Å². The zero-order chi connectivity index (χ0) is 12.3. The highest BCUT2D eigenvalue weighted by Crippen LogP contribution is 2.36. The van der Waals surface area contributed by atoms with Gasteiger partial charge in [-0.15, -0.1) is 11.6 Å². The van der Waals surface area contributed by atoms with Crippen LogP contribution in [0, 0.1) is 11.8 Å². The van der Waals surface area contributed by atoms with Crippen molar-refractivity contribution in [3.05, 3.63) is 18.0 Å². The van der Waals surface area contributed by atoms with Gasteiger partial charge >= 0.3 is 0 Å². The molecule has 0 bridgehead atoms. The van der Waals surface area contributed by atoms with Gasteiger partial charge in [-0.1, -0.05) is 13.3 Å². The van der Waals surface area contributed by atoms with Crippen LogP contribution in [0.25, 0.3) is 0 Å². The lowest BCUT2D eigenvalue weighted by Crippen LogP contribution is -2.26. The van der Waals surface area contributed by atoms with E-state index in [2.05, 4.69) is 25.1 Å². The summed E-state index contributed by atoms with van der Waals surface area (Å²) in [5.41, 5.74) is 1.35. The second kappa shape index (κ2) is 5.90. The number of rotatable bonds is 4. The van der Waals surface area contributed by atoms with Crippen LogP contribution in [0.1, 0.15) is 45.1 Å². The highest BCUT2D eigenvalue weighted by atomic mass is 35.5. The molecular weight excluding hydrogens is 232 g/mol. The smallest absolute Gasteiger partial charge is 0.0521 e. The summed E-state index contributed by atoms with van der Waals surface area (Å²) in [4.78, 5) is 0. The van der Waals surface area contributed by atoms with E-state index in [-0.39, 0.29) is 0 Å². The molecule has 0 aliphatic heterocycles. The van der Waals surface area contributed by atoms with Gasteiger partial charge in [0.25, 0.3) is 0 Å². The molecule has 1 fully saturated rings. The van der Waals surface area contributed by atoms with E-state index in [1.807, 2.05) is 10.9 Å². The number of halogens is 1. The van der Waals surface area contributed by atoms with E-state index in [4.69, 9.17) is 11.6 Å². The fourth-order valence-corrected chi connectivity index (χ4v) is 3.21. The fraction of sp³-hybridized carbons (Fsp3) is 0.786. The van der Waals surface area contributed by atoms with Crippen molar-refractivity contribution in [2.24, 2.45) is 11.8 Å². The minimum absolute atomic E-state index is 0.364. The lowest BCUT2D eigenvalue weighted by atomic mass is 9.77. The number of hydrogen-bond donors (Lipinski definition) is 0. The van der Waals surface area contributed by atoms with Crippen molar-refractivity contribution < 1.29 is 0 Å². The number of hydrogen-bond acceptors (Lipinski definition) is 1. The van der Waals surface area contributed by atoms with Gasteiger partial charge in [0.05, 0.1) is 6.20 Å². The summed E-state index contributed by atoms with van der Waals surface area (Å²) < 4.78 is 2.00. The first kappa shape index (κ1) is 12.9. The summed E-state index contributed by atoms with van der Waals surface area (Å²) in [6.45, 7) is 5.37. The van der Waals surface area contributed by atoms with Crippen LogP contribution in [0.3, 0.4) is 0 Å². The second-order valence-electron chi connectivity index (χ2n) is 5.27. The van der Waals surface area contributed by atoms with E-state index in [1.165, 1.54) is 31.2 Å². The zero-order valence-electron chi connectivity index (χ0n) is 10.9. The number of aromatic nitrogens is 2. The fourth-order valence-electron chi connectivity index (χ4n) is 2.89. The molecule has 1 aromatic heterocycles. The first-order chi connectivity index (χ1) is 8.22. The van der Waals surface area contributed by atoms with Crippen LogP contribution in [0.2, 0.25) is 0 Å². The van der Waals surface area contributed by atoms with E-state index in [1.54, 1.807) is 0 Å². The Morgan fingerprint density at radius 3 is 2.88 bits per heavy atom. The molecule has 0 saturated heterocycles. The molecule has 0 aromatic carbocycles. The molecule has 96 valence electrons. The molecule has 1 aliphatic carbocycles. The summed E-state index contributed by atoms with van der Waals surface area (Å²) in [5, 5.41) is 4.70. The number of alkyl halides is 1. The van der Waals surface area contributed by atoms with E-state index in [0.717, 1.165) is 18.9 Å². The topological polar surface area (TPSA) is 17.8 Å². The number of nitrogens with zero attached hydrogens (tertiary/aromatic N) is 2. The van der Waals surface area contributed by atoms with Crippen LogP contribution in [0.4, 0.5) is 0 Å². The molecule has 1 aromatic rings. The van der Waals surface area contributed by atoms with Crippen LogP contribution in [0.5, 0.6) is 0 Å². The first-order valence-electron chi connectivity index (χ1n) is 6.88. The summed E-state index contributed by atoms with van der Waals surface area (Å²) >= 11 is 6.47. The summed E-state index contributed by atoms with van der Waals surface area (Å²) in [6, 6.07) is 0. The molecule has 0 radical (unpaired) electrons. The van der Waals surface area contributed by atoms with Crippen molar-refractivity contribution in [1.82, 2.24) is 9.78 Å². The lowest BCUT2D eigenvalue weighted by Gasteiger charge is -2.32. The number of aryl methyl sites for hydroxylation is 1. The quantitative estimate of drug-likeness (QED) is 0.746. The standard InChI is InChI=1S/C14H23ClN2/c1-3-11-5-6-14(15)13(7-11)8-12-9-16-17(4-2)10-12/h9-11,13-14H,3-8H2,1-2H3. The molecule has 0 N–H and O–H groups in total. The highest BCUT2D eigenvalue weighted by molar-refractivity contribution is 6.20. The van der Waals surface area contributed by atoms with Crippen molar-refractivity contribution in [3.8, 4) is 0 Å². The van der Waals surface area contributed by atoms with Gasteiger partial charge in [0.2, 0.25) is 0 Å². The Labute approximate surface area is 109 Å².